The SMILES string of the molecule is CCC1CCCC(NC/C=C/C(=O)O)C1. The molecule has 0 radical (unpaired) electrons. The zero-order chi connectivity index (χ0) is 11.1. The molecule has 0 aromatic rings. The first-order valence-corrected chi connectivity index (χ1v) is 5.85. The summed E-state index contributed by atoms with van der Waals surface area (Å²) in [6.07, 6.45) is 9.29. The Balaban J connectivity index is 2.18. The van der Waals surface area contributed by atoms with E-state index in [1.54, 1.807) is 6.08 Å². The van der Waals surface area contributed by atoms with E-state index in [9.17, 15) is 4.79 Å². The molecule has 0 heterocycles. The van der Waals surface area contributed by atoms with E-state index in [0.29, 0.717) is 12.6 Å². The van der Waals surface area contributed by atoms with Crippen LogP contribution in [0.3, 0.4) is 0 Å². The predicted molar refractivity (Wildman–Crippen MR) is 60.8 cm³/mol. The second kappa shape index (κ2) is 6.62. The average molecular weight is 211 g/mol. The molecule has 1 aliphatic carbocycles. The highest BCUT2D eigenvalue weighted by molar-refractivity contribution is 5.79. The molecule has 0 saturated heterocycles. The molecule has 1 rings (SSSR count). The average Bonchev–Trinajstić information content (AvgIpc) is 2.24. The van der Waals surface area contributed by atoms with Gasteiger partial charge in [0.05, 0.1) is 0 Å². The van der Waals surface area contributed by atoms with Gasteiger partial charge in [0.25, 0.3) is 0 Å². The number of hydrogen-bond acceptors (Lipinski definition) is 2. The summed E-state index contributed by atoms with van der Waals surface area (Å²) in [5, 5.41) is 11.8. The minimum absolute atomic E-state index is 0.585. The fourth-order valence-corrected chi connectivity index (χ4v) is 2.24. The van der Waals surface area contributed by atoms with Gasteiger partial charge in [-0.1, -0.05) is 32.3 Å². The van der Waals surface area contributed by atoms with Crippen LogP contribution >= 0.6 is 0 Å². The van der Waals surface area contributed by atoms with Crippen molar-refractivity contribution in [1.82, 2.24) is 5.32 Å². The van der Waals surface area contributed by atoms with E-state index in [-0.39, 0.29) is 0 Å². The third-order valence-corrected chi connectivity index (χ3v) is 3.14. The van der Waals surface area contributed by atoms with E-state index in [1.165, 1.54) is 38.2 Å². The summed E-state index contributed by atoms with van der Waals surface area (Å²) in [7, 11) is 0. The number of carboxylic acid groups (broad SMARTS) is 1. The van der Waals surface area contributed by atoms with Crippen LogP contribution in [0.4, 0.5) is 0 Å². The summed E-state index contributed by atoms with van der Waals surface area (Å²) in [5.74, 6) is -0.00779. The zero-order valence-electron chi connectivity index (χ0n) is 9.41. The Labute approximate surface area is 91.6 Å². The van der Waals surface area contributed by atoms with Gasteiger partial charge in [0.2, 0.25) is 0 Å². The number of aliphatic carboxylic acids is 1. The van der Waals surface area contributed by atoms with Gasteiger partial charge in [-0.05, 0) is 18.8 Å². The molecule has 86 valence electrons. The number of nitrogens with one attached hydrogen (secondary N) is 1. The van der Waals surface area contributed by atoms with Crippen LogP contribution in [0.2, 0.25) is 0 Å². The third kappa shape index (κ3) is 4.98. The highest BCUT2D eigenvalue weighted by atomic mass is 16.4. The van der Waals surface area contributed by atoms with Gasteiger partial charge in [0.1, 0.15) is 0 Å². The molecular formula is C12H21NO2. The maximum absolute atomic E-state index is 10.2. The summed E-state index contributed by atoms with van der Waals surface area (Å²) >= 11 is 0. The molecule has 0 bridgehead atoms. The van der Waals surface area contributed by atoms with Crippen LogP contribution in [-0.4, -0.2) is 23.7 Å². The number of carboxylic acids is 1. The fraction of sp³-hybridized carbons (Fsp3) is 0.750. The van der Waals surface area contributed by atoms with Crippen molar-refractivity contribution in [3.63, 3.8) is 0 Å². The first-order chi connectivity index (χ1) is 7.22. The van der Waals surface area contributed by atoms with Crippen LogP contribution < -0.4 is 5.32 Å². The van der Waals surface area contributed by atoms with E-state index >= 15 is 0 Å². The van der Waals surface area contributed by atoms with Crippen LogP contribution in [-0.2, 0) is 4.79 Å². The van der Waals surface area contributed by atoms with Crippen molar-refractivity contribution in [2.24, 2.45) is 5.92 Å². The van der Waals surface area contributed by atoms with Crippen LogP contribution in [0.1, 0.15) is 39.0 Å². The lowest BCUT2D eigenvalue weighted by Gasteiger charge is -2.28. The summed E-state index contributed by atoms with van der Waals surface area (Å²) < 4.78 is 0. The zero-order valence-corrected chi connectivity index (χ0v) is 9.41. The minimum Gasteiger partial charge on any atom is -0.478 e. The molecule has 3 heteroatoms. The summed E-state index contributed by atoms with van der Waals surface area (Å²) in [4.78, 5) is 10.2. The Morgan fingerprint density at radius 3 is 3.00 bits per heavy atom. The number of hydrogen-bond donors (Lipinski definition) is 2. The van der Waals surface area contributed by atoms with Crippen LogP contribution in [0.15, 0.2) is 12.2 Å². The fourth-order valence-electron chi connectivity index (χ4n) is 2.24. The molecule has 3 nitrogen and oxygen atoms in total. The van der Waals surface area contributed by atoms with Gasteiger partial charge in [0.15, 0.2) is 0 Å². The molecule has 0 spiro atoms. The normalized spacial score (nSPS) is 27.0. The van der Waals surface area contributed by atoms with Gasteiger partial charge >= 0.3 is 5.97 Å². The van der Waals surface area contributed by atoms with Crippen molar-refractivity contribution in [3.8, 4) is 0 Å². The lowest BCUT2D eigenvalue weighted by Crippen LogP contribution is -2.34. The molecule has 1 fully saturated rings. The molecule has 0 aromatic carbocycles. The van der Waals surface area contributed by atoms with Gasteiger partial charge < -0.3 is 10.4 Å². The van der Waals surface area contributed by atoms with Crippen molar-refractivity contribution >= 4 is 5.97 Å². The van der Waals surface area contributed by atoms with Crippen LogP contribution in [0, 0.1) is 5.92 Å². The Hall–Kier alpha value is -0.830. The minimum atomic E-state index is -0.869. The van der Waals surface area contributed by atoms with E-state index in [1.807, 2.05) is 0 Å². The first-order valence-electron chi connectivity index (χ1n) is 5.85. The van der Waals surface area contributed by atoms with Crippen molar-refractivity contribution in [2.75, 3.05) is 6.54 Å². The molecule has 0 aromatic heterocycles. The van der Waals surface area contributed by atoms with Gasteiger partial charge in [-0.2, -0.15) is 0 Å². The van der Waals surface area contributed by atoms with Crippen molar-refractivity contribution in [2.45, 2.75) is 45.1 Å². The lowest BCUT2D eigenvalue weighted by atomic mass is 9.84. The first kappa shape index (κ1) is 12.2. The Kier molecular flexibility index (Phi) is 5.40. The van der Waals surface area contributed by atoms with Gasteiger partial charge in [-0.15, -0.1) is 0 Å². The second-order valence-corrected chi connectivity index (χ2v) is 4.29. The molecule has 2 atom stereocenters. The van der Waals surface area contributed by atoms with Gasteiger partial charge in [-0.3, -0.25) is 0 Å². The number of carbonyl (C=O) groups is 1. The Morgan fingerprint density at radius 2 is 2.33 bits per heavy atom. The van der Waals surface area contributed by atoms with Crippen LogP contribution in [0.25, 0.3) is 0 Å². The standard InChI is InChI=1S/C12H21NO2/c1-2-10-5-3-6-11(9-10)13-8-4-7-12(14)15/h4,7,10-11,13H,2-3,5-6,8-9H2,1H3,(H,14,15)/b7-4+. The monoisotopic (exact) mass is 211 g/mol. The van der Waals surface area contributed by atoms with Gasteiger partial charge in [-0.25, -0.2) is 4.79 Å². The maximum atomic E-state index is 10.2. The Bertz CT molecular complexity index is 226. The topological polar surface area (TPSA) is 49.3 Å². The quantitative estimate of drug-likeness (QED) is 0.685. The third-order valence-electron chi connectivity index (χ3n) is 3.14. The summed E-state index contributed by atoms with van der Waals surface area (Å²) in [6, 6.07) is 0.585. The highest BCUT2D eigenvalue weighted by Gasteiger charge is 2.19. The molecule has 0 aliphatic heterocycles. The van der Waals surface area contributed by atoms with E-state index in [2.05, 4.69) is 12.2 Å². The molecule has 2 unspecified atom stereocenters. The van der Waals surface area contributed by atoms with Crippen molar-refractivity contribution < 1.29 is 9.90 Å². The van der Waals surface area contributed by atoms with E-state index in [0.717, 1.165) is 5.92 Å². The summed E-state index contributed by atoms with van der Waals surface area (Å²) in [5.41, 5.74) is 0. The second-order valence-electron chi connectivity index (χ2n) is 4.29. The van der Waals surface area contributed by atoms with Gasteiger partial charge in [0, 0.05) is 18.7 Å². The lowest BCUT2D eigenvalue weighted by molar-refractivity contribution is -0.131. The maximum Gasteiger partial charge on any atom is 0.328 e. The van der Waals surface area contributed by atoms with Crippen molar-refractivity contribution in [3.05, 3.63) is 12.2 Å². The number of rotatable bonds is 5. The molecule has 0 amide bonds. The molecular weight excluding hydrogens is 190 g/mol. The van der Waals surface area contributed by atoms with E-state index < -0.39 is 5.97 Å². The molecule has 15 heavy (non-hydrogen) atoms. The molecule has 1 aliphatic rings. The predicted octanol–water partition coefficient (Wildman–Crippen LogP) is 2.19. The van der Waals surface area contributed by atoms with Crippen LogP contribution in [0.5, 0.6) is 0 Å². The summed E-state index contributed by atoms with van der Waals surface area (Å²) in [6.45, 7) is 2.92. The molecule has 2 N–H and O–H groups in total. The van der Waals surface area contributed by atoms with E-state index in [4.69, 9.17) is 5.11 Å². The highest BCUT2D eigenvalue weighted by Crippen LogP contribution is 2.26. The largest absolute Gasteiger partial charge is 0.478 e. The van der Waals surface area contributed by atoms with Crippen molar-refractivity contribution in [1.29, 1.82) is 0 Å². The molecule has 1 saturated carbocycles. The smallest absolute Gasteiger partial charge is 0.328 e. The Morgan fingerprint density at radius 1 is 1.53 bits per heavy atom.